The van der Waals surface area contributed by atoms with Crippen molar-refractivity contribution in [3.8, 4) is 0 Å². The first kappa shape index (κ1) is 19.1. The molecule has 1 aliphatic rings. The molecule has 0 saturated carbocycles. The van der Waals surface area contributed by atoms with Crippen LogP contribution in [0.1, 0.15) is 6.23 Å². The number of aromatic amines is 1. The van der Waals surface area contributed by atoms with Crippen molar-refractivity contribution >= 4 is 31.2 Å². The van der Waals surface area contributed by atoms with Crippen LogP contribution in [0.2, 0.25) is 0 Å². The predicted molar refractivity (Wildman–Crippen MR) is 80.0 cm³/mol. The van der Waals surface area contributed by atoms with Gasteiger partial charge in [-0.2, -0.15) is 0 Å². The van der Waals surface area contributed by atoms with Crippen molar-refractivity contribution in [2.24, 2.45) is 0 Å². The van der Waals surface area contributed by atoms with Gasteiger partial charge in [0.25, 0.3) is 0 Å². The van der Waals surface area contributed by atoms with E-state index in [4.69, 9.17) is 41.3 Å². The predicted octanol–water partition coefficient (Wildman–Crippen LogP) is -1.83. The highest BCUT2D eigenvalue weighted by molar-refractivity contribution is 7.71. The molecule has 0 aliphatic carbocycles. The van der Waals surface area contributed by atoms with E-state index >= 15 is 0 Å². The van der Waals surface area contributed by atoms with Crippen molar-refractivity contribution in [3.05, 3.63) is 17.3 Å². The van der Waals surface area contributed by atoms with Crippen LogP contribution in [0.4, 0.5) is 0 Å². The molecule has 0 aromatic carbocycles. The zero-order chi connectivity index (χ0) is 18.1. The Labute approximate surface area is 139 Å². The summed E-state index contributed by atoms with van der Waals surface area (Å²) in [6, 6.07) is 0. The zero-order valence-corrected chi connectivity index (χ0v) is 13.6. The first-order valence-electron chi connectivity index (χ1n) is 6.44. The highest BCUT2D eigenvalue weighted by atomic mass is 32.1. The van der Waals surface area contributed by atoms with Crippen molar-refractivity contribution in [1.82, 2.24) is 19.5 Å². The summed E-state index contributed by atoms with van der Waals surface area (Å²) in [7, 11) is -4.64. The van der Waals surface area contributed by atoms with Crippen LogP contribution in [-0.2, 0) is 9.30 Å². The molecule has 2 aromatic rings. The number of phosphoric acid groups is 1. The Morgan fingerprint density at radius 3 is 2.46 bits per heavy atom. The maximum atomic E-state index is 9.97. The Kier molecular flexibility index (Phi) is 5.80. The van der Waals surface area contributed by atoms with Crippen LogP contribution in [0, 0.1) is 4.64 Å². The van der Waals surface area contributed by atoms with Gasteiger partial charge in [-0.3, -0.25) is 4.57 Å². The van der Waals surface area contributed by atoms with Gasteiger partial charge in [0, 0.05) is 0 Å². The average molecular weight is 382 g/mol. The van der Waals surface area contributed by atoms with Crippen LogP contribution in [0.15, 0.2) is 12.7 Å². The van der Waals surface area contributed by atoms with Gasteiger partial charge in [0.15, 0.2) is 10.9 Å². The monoisotopic (exact) mass is 382 g/mol. The fourth-order valence-electron chi connectivity index (χ4n) is 2.18. The topological polar surface area (TPSA) is 194 Å². The molecule has 0 amide bonds. The minimum absolute atomic E-state index is 0.333. The third kappa shape index (κ3) is 4.22. The molecule has 0 spiro atoms. The van der Waals surface area contributed by atoms with E-state index in [-0.39, 0.29) is 6.61 Å². The van der Waals surface area contributed by atoms with Gasteiger partial charge < -0.3 is 39.7 Å². The molecule has 2 aromatic heterocycles. The second-order valence-electron chi connectivity index (χ2n) is 4.80. The Hall–Kier alpha value is -1.28. The molecular weight excluding hydrogens is 367 g/mol. The van der Waals surface area contributed by atoms with Gasteiger partial charge >= 0.3 is 7.82 Å². The van der Waals surface area contributed by atoms with E-state index in [1.807, 2.05) is 0 Å². The highest BCUT2D eigenvalue weighted by Crippen LogP contribution is 2.31. The number of aromatic nitrogens is 4. The van der Waals surface area contributed by atoms with E-state index < -0.39 is 32.4 Å². The first-order valence-corrected chi connectivity index (χ1v) is 8.41. The van der Waals surface area contributed by atoms with E-state index in [0.717, 1.165) is 0 Å². The second kappa shape index (κ2) is 7.31. The van der Waals surface area contributed by atoms with E-state index in [1.54, 1.807) is 0 Å². The molecule has 7 N–H and O–H groups in total. The van der Waals surface area contributed by atoms with Crippen molar-refractivity contribution in [3.63, 3.8) is 0 Å². The van der Waals surface area contributed by atoms with Gasteiger partial charge in [0.1, 0.15) is 29.5 Å². The maximum absolute atomic E-state index is 9.97. The number of nitrogens with zero attached hydrogens (tertiary/aromatic N) is 3. The van der Waals surface area contributed by atoms with Gasteiger partial charge in [-0.1, -0.05) is 12.2 Å². The largest absolute Gasteiger partial charge is 0.466 e. The van der Waals surface area contributed by atoms with Crippen LogP contribution >= 0.6 is 20.0 Å². The van der Waals surface area contributed by atoms with Crippen LogP contribution in [0.5, 0.6) is 0 Å². The SMILES string of the molecule is O=P(O)(O)O.OC[C@H]1O[C@@H](n2cnc3c(=S)nc[nH]c32)[C@H](O)[C@@H]1O. The molecule has 1 aliphatic heterocycles. The summed E-state index contributed by atoms with van der Waals surface area (Å²) < 4.78 is 16.2. The molecule has 0 bridgehead atoms. The molecule has 4 atom stereocenters. The lowest BCUT2D eigenvalue weighted by Gasteiger charge is -2.16. The number of hydrogen-bond donors (Lipinski definition) is 7. The molecule has 1 fully saturated rings. The number of aliphatic hydroxyl groups is 3. The Morgan fingerprint density at radius 1 is 1.29 bits per heavy atom. The average Bonchev–Trinajstić information content (AvgIpc) is 3.01. The Morgan fingerprint density at radius 2 is 1.92 bits per heavy atom. The molecular formula is C10H15N4O8PS. The summed E-state index contributed by atoms with van der Waals surface area (Å²) in [4.78, 5) is 32.4. The summed E-state index contributed by atoms with van der Waals surface area (Å²) in [6.07, 6.45) is -1.13. The molecule has 24 heavy (non-hydrogen) atoms. The van der Waals surface area contributed by atoms with Gasteiger partial charge in [0.2, 0.25) is 0 Å². The van der Waals surface area contributed by atoms with Crippen molar-refractivity contribution in [2.45, 2.75) is 24.5 Å². The van der Waals surface area contributed by atoms with Gasteiger partial charge in [-0.15, -0.1) is 0 Å². The van der Waals surface area contributed by atoms with Crippen molar-refractivity contribution < 1.29 is 39.3 Å². The maximum Gasteiger partial charge on any atom is 0.466 e. The molecule has 0 radical (unpaired) electrons. The summed E-state index contributed by atoms with van der Waals surface area (Å²) in [6.45, 7) is -0.376. The van der Waals surface area contributed by atoms with Crippen molar-refractivity contribution in [1.29, 1.82) is 0 Å². The molecule has 1 saturated heterocycles. The molecule has 0 unspecified atom stereocenters. The van der Waals surface area contributed by atoms with E-state index in [0.29, 0.717) is 15.8 Å². The van der Waals surface area contributed by atoms with E-state index in [2.05, 4.69) is 15.0 Å². The van der Waals surface area contributed by atoms with Crippen LogP contribution in [0.3, 0.4) is 0 Å². The summed E-state index contributed by atoms with van der Waals surface area (Å²) in [5.74, 6) is 0. The van der Waals surface area contributed by atoms with E-state index in [9.17, 15) is 10.2 Å². The smallest absolute Gasteiger partial charge is 0.394 e. The minimum atomic E-state index is -4.64. The molecule has 12 nitrogen and oxygen atoms in total. The number of nitrogens with one attached hydrogen (secondary N) is 1. The number of aliphatic hydroxyl groups excluding tert-OH is 3. The van der Waals surface area contributed by atoms with Crippen molar-refractivity contribution in [2.75, 3.05) is 6.61 Å². The number of ether oxygens (including phenoxy) is 1. The highest BCUT2D eigenvalue weighted by Gasteiger charge is 2.43. The minimum Gasteiger partial charge on any atom is -0.394 e. The molecule has 14 heteroatoms. The third-order valence-corrected chi connectivity index (χ3v) is 3.47. The third-order valence-electron chi connectivity index (χ3n) is 3.17. The van der Waals surface area contributed by atoms with Crippen LogP contribution in [-0.4, -0.2) is 74.4 Å². The number of imidazole rings is 1. The lowest BCUT2D eigenvalue weighted by molar-refractivity contribution is -0.0511. The molecule has 3 heterocycles. The summed E-state index contributed by atoms with van der Waals surface area (Å²) in [5, 5.41) is 28.8. The lowest BCUT2D eigenvalue weighted by atomic mass is 10.1. The Balaban J connectivity index is 0.000000368. The van der Waals surface area contributed by atoms with E-state index in [1.165, 1.54) is 17.2 Å². The lowest BCUT2D eigenvalue weighted by Crippen LogP contribution is -2.33. The second-order valence-corrected chi connectivity index (χ2v) is 6.21. The van der Waals surface area contributed by atoms with Crippen LogP contribution in [0.25, 0.3) is 11.2 Å². The molecule has 134 valence electrons. The zero-order valence-electron chi connectivity index (χ0n) is 11.9. The number of H-pyrrole nitrogens is 1. The van der Waals surface area contributed by atoms with Gasteiger partial charge in [-0.25, -0.2) is 14.5 Å². The number of hydrogen-bond acceptors (Lipinski definition) is 8. The fraction of sp³-hybridized carbons (Fsp3) is 0.500. The Bertz CT molecular complexity index is 797. The molecule has 3 rings (SSSR count). The summed E-state index contributed by atoms with van der Waals surface area (Å²) in [5.41, 5.74) is 1.02. The van der Waals surface area contributed by atoms with Crippen LogP contribution < -0.4 is 0 Å². The normalized spacial score (nSPS) is 27.1. The first-order chi connectivity index (χ1) is 11.1. The van der Waals surface area contributed by atoms with Gasteiger partial charge in [-0.05, 0) is 0 Å². The standard InChI is InChI=1S/C10H12N4O4S.H3O4P/c15-1-4-6(16)7(17)10(18-4)14-3-13-5-8(14)11-2-12-9(5)19;1-5(2,3)4/h2-4,6-7,10,15-17H,1H2,(H,11,12,19);(H3,1,2,3,4)/t4-,6-,7-,10-;/m1./s1. The fourth-order valence-corrected chi connectivity index (χ4v) is 2.38. The van der Waals surface area contributed by atoms with Gasteiger partial charge in [0.05, 0.1) is 19.3 Å². The summed E-state index contributed by atoms with van der Waals surface area (Å²) >= 11 is 5.04. The number of fused-ring (bicyclic) bond motifs is 1. The number of rotatable bonds is 2. The quantitative estimate of drug-likeness (QED) is 0.228.